The Morgan fingerprint density at radius 1 is 1.17 bits per heavy atom. The number of halogens is 3. The first kappa shape index (κ1) is 14.2. The Hall–Kier alpha value is -1.83. The molecule has 0 spiro atoms. The van der Waals surface area contributed by atoms with E-state index in [-0.39, 0.29) is 0 Å². The maximum Gasteiger partial charge on any atom is 0.416 e. The number of nitriles is 1. The number of rotatable bonds is 5. The third kappa shape index (κ3) is 4.21. The van der Waals surface area contributed by atoms with Crippen molar-refractivity contribution in [2.45, 2.75) is 31.9 Å². The zero-order valence-electron chi connectivity index (χ0n) is 9.72. The first-order valence-electron chi connectivity index (χ1n) is 5.57. The van der Waals surface area contributed by atoms with Crippen molar-refractivity contribution in [3.05, 3.63) is 35.4 Å². The minimum Gasteiger partial charge on any atom is -0.305 e. The maximum atomic E-state index is 12.3. The molecule has 2 nitrogen and oxygen atoms in total. The van der Waals surface area contributed by atoms with Gasteiger partial charge in [-0.1, -0.05) is 12.1 Å². The van der Waals surface area contributed by atoms with E-state index >= 15 is 0 Å². The van der Waals surface area contributed by atoms with Crippen LogP contribution in [0.4, 0.5) is 13.2 Å². The molecular weight excluding hydrogens is 241 g/mol. The monoisotopic (exact) mass is 254 g/mol. The van der Waals surface area contributed by atoms with Gasteiger partial charge in [-0.2, -0.15) is 18.4 Å². The molecule has 0 fully saturated rings. The Morgan fingerprint density at radius 3 is 2.28 bits per heavy atom. The number of hydrogen-bond acceptors (Lipinski definition) is 2. The average Bonchev–Trinajstić information content (AvgIpc) is 2.33. The van der Waals surface area contributed by atoms with Crippen LogP contribution in [0.2, 0.25) is 0 Å². The molecule has 0 saturated carbocycles. The van der Waals surface area contributed by atoms with Gasteiger partial charge in [0.1, 0.15) is 0 Å². The Bertz CT molecular complexity index is 441. The second-order valence-electron chi connectivity index (χ2n) is 3.92. The van der Waals surface area contributed by atoms with E-state index in [4.69, 9.17) is 10.7 Å². The summed E-state index contributed by atoms with van der Waals surface area (Å²) in [7, 11) is 0. The molecule has 1 aromatic carbocycles. The predicted molar refractivity (Wildman–Crippen MR) is 62.4 cm³/mol. The molecule has 5 heteroatoms. The Kier molecular flexibility index (Phi) is 4.90. The lowest BCUT2D eigenvalue weighted by molar-refractivity contribution is -0.137. The van der Waals surface area contributed by atoms with Gasteiger partial charge in [0.25, 0.3) is 0 Å². The fourth-order valence-electron chi connectivity index (χ4n) is 1.51. The van der Waals surface area contributed by atoms with Crippen LogP contribution in [0, 0.1) is 16.7 Å². The van der Waals surface area contributed by atoms with Gasteiger partial charge in [-0.05, 0) is 37.0 Å². The predicted octanol–water partition coefficient (Wildman–Crippen LogP) is 4.16. The second-order valence-corrected chi connectivity index (χ2v) is 3.92. The Labute approximate surface area is 104 Å². The Balaban J connectivity index is 2.57. The summed E-state index contributed by atoms with van der Waals surface area (Å²) in [6.07, 6.45) is -2.01. The van der Waals surface area contributed by atoms with Gasteiger partial charge in [-0.25, -0.2) is 0 Å². The van der Waals surface area contributed by atoms with E-state index in [1.165, 1.54) is 12.1 Å². The van der Waals surface area contributed by atoms with E-state index in [2.05, 4.69) is 0 Å². The lowest BCUT2D eigenvalue weighted by atomic mass is 10.0. The van der Waals surface area contributed by atoms with Crippen molar-refractivity contribution in [3.63, 3.8) is 0 Å². The summed E-state index contributed by atoms with van der Waals surface area (Å²) in [4.78, 5) is 0. The largest absolute Gasteiger partial charge is 0.416 e. The molecule has 0 atom stereocenters. The van der Waals surface area contributed by atoms with Gasteiger partial charge in [0.15, 0.2) is 0 Å². The molecule has 1 N–H and O–H groups in total. The third-order valence-electron chi connectivity index (χ3n) is 2.53. The standard InChI is InChI=1S/C13H13F3N2/c14-13(15,16)11-7-5-10(6-8-11)12(18)4-2-1-3-9-17/h5-8,18H,1-4H2. The van der Waals surface area contributed by atoms with E-state index in [0.717, 1.165) is 12.1 Å². The normalized spacial score (nSPS) is 11.0. The molecule has 0 unspecified atom stereocenters. The molecular formula is C13H13F3N2. The highest BCUT2D eigenvalue weighted by molar-refractivity contribution is 5.98. The highest BCUT2D eigenvalue weighted by Crippen LogP contribution is 2.29. The molecule has 96 valence electrons. The zero-order chi connectivity index (χ0) is 13.6. The SMILES string of the molecule is N#CCCCCC(=N)c1ccc(C(F)(F)F)cc1. The summed E-state index contributed by atoms with van der Waals surface area (Å²) < 4.78 is 37.0. The molecule has 0 radical (unpaired) electrons. The highest BCUT2D eigenvalue weighted by atomic mass is 19.4. The second kappa shape index (κ2) is 6.20. The van der Waals surface area contributed by atoms with E-state index in [1.807, 2.05) is 6.07 Å². The van der Waals surface area contributed by atoms with Crippen LogP contribution in [0.3, 0.4) is 0 Å². The van der Waals surface area contributed by atoms with E-state index in [1.54, 1.807) is 0 Å². The smallest absolute Gasteiger partial charge is 0.305 e. The van der Waals surface area contributed by atoms with Crippen molar-refractivity contribution in [3.8, 4) is 6.07 Å². The molecule has 1 aromatic rings. The maximum absolute atomic E-state index is 12.3. The molecule has 0 amide bonds. The van der Waals surface area contributed by atoms with Gasteiger partial charge in [0, 0.05) is 12.1 Å². The summed E-state index contributed by atoms with van der Waals surface area (Å²) in [5, 5.41) is 16.1. The molecule has 18 heavy (non-hydrogen) atoms. The van der Waals surface area contributed by atoms with Gasteiger partial charge in [0.2, 0.25) is 0 Å². The zero-order valence-corrected chi connectivity index (χ0v) is 9.72. The van der Waals surface area contributed by atoms with Crippen molar-refractivity contribution in [2.75, 3.05) is 0 Å². The minimum absolute atomic E-state index is 0.307. The average molecular weight is 254 g/mol. The fraction of sp³-hybridized carbons (Fsp3) is 0.385. The lowest BCUT2D eigenvalue weighted by Crippen LogP contribution is -2.06. The van der Waals surface area contributed by atoms with Crippen LogP contribution in [-0.4, -0.2) is 5.71 Å². The molecule has 1 rings (SSSR count). The number of nitrogens with zero attached hydrogens (tertiary/aromatic N) is 1. The van der Waals surface area contributed by atoms with Crippen LogP contribution in [0.25, 0.3) is 0 Å². The van der Waals surface area contributed by atoms with Crippen LogP contribution in [-0.2, 0) is 6.18 Å². The number of hydrogen-bond donors (Lipinski definition) is 1. The van der Waals surface area contributed by atoms with Gasteiger partial charge in [-0.3, -0.25) is 0 Å². The summed E-state index contributed by atoms with van der Waals surface area (Å²) in [6.45, 7) is 0. The van der Waals surface area contributed by atoms with Crippen LogP contribution in [0.5, 0.6) is 0 Å². The third-order valence-corrected chi connectivity index (χ3v) is 2.53. The van der Waals surface area contributed by atoms with E-state index in [9.17, 15) is 13.2 Å². The van der Waals surface area contributed by atoms with Crippen molar-refractivity contribution < 1.29 is 13.2 Å². The van der Waals surface area contributed by atoms with Crippen molar-refractivity contribution >= 4 is 5.71 Å². The number of unbranched alkanes of at least 4 members (excludes halogenated alkanes) is 2. The van der Waals surface area contributed by atoms with Crippen molar-refractivity contribution in [2.24, 2.45) is 0 Å². The van der Waals surface area contributed by atoms with Gasteiger partial charge >= 0.3 is 6.18 Å². The number of nitrogens with one attached hydrogen (secondary N) is 1. The molecule has 0 bridgehead atoms. The quantitative estimate of drug-likeness (QED) is 0.622. The molecule has 0 aromatic heterocycles. The summed E-state index contributed by atoms with van der Waals surface area (Å²) in [6, 6.07) is 6.61. The first-order valence-corrected chi connectivity index (χ1v) is 5.57. The molecule has 0 saturated heterocycles. The van der Waals surface area contributed by atoms with Crippen LogP contribution < -0.4 is 0 Å². The lowest BCUT2D eigenvalue weighted by Gasteiger charge is -2.08. The van der Waals surface area contributed by atoms with E-state index in [0.29, 0.717) is 37.0 Å². The highest BCUT2D eigenvalue weighted by Gasteiger charge is 2.29. The minimum atomic E-state index is -4.34. The summed E-state index contributed by atoms with van der Waals surface area (Å²) >= 11 is 0. The van der Waals surface area contributed by atoms with Gasteiger partial charge in [0.05, 0.1) is 11.6 Å². The fourth-order valence-corrected chi connectivity index (χ4v) is 1.51. The van der Waals surface area contributed by atoms with Crippen LogP contribution in [0.15, 0.2) is 24.3 Å². The molecule has 0 aliphatic carbocycles. The summed E-state index contributed by atoms with van der Waals surface area (Å²) in [5.41, 5.74) is 0.102. The molecule has 0 heterocycles. The number of alkyl halides is 3. The van der Waals surface area contributed by atoms with Crippen LogP contribution >= 0.6 is 0 Å². The Morgan fingerprint density at radius 2 is 1.78 bits per heavy atom. The molecule has 0 aliphatic rings. The van der Waals surface area contributed by atoms with Gasteiger partial charge < -0.3 is 5.41 Å². The van der Waals surface area contributed by atoms with E-state index < -0.39 is 11.7 Å². The first-order chi connectivity index (χ1) is 8.45. The van der Waals surface area contributed by atoms with Crippen molar-refractivity contribution in [1.29, 1.82) is 10.7 Å². The summed E-state index contributed by atoms with van der Waals surface area (Å²) in [5.74, 6) is 0. The number of benzene rings is 1. The topological polar surface area (TPSA) is 47.6 Å². The van der Waals surface area contributed by atoms with Gasteiger partial charge in [-0.15, -0.1) is 0 Å². The molecule has 0 aliphatic heterocycles. The van der Waals surface area contributed by atoms with Crippen LogP contribution in [0.1, 0.15) is 36.8 Å². The van der Waals surface area contributed by atoms with Crippen molar-refractivity contribution in [1.82, 2.24) is 0 Å².